The van der Waals surface area contributed by atoms with E-state index in [2.05, 4.69) is 15.1 Å². The summed E-state index contributed by atoms with van der Waals surface area (Å²) >= 11 is 0. The Hall–Kier alpha value is -2.19. The van der Waals surface area contributed by atoms with Crippen molar-refractivity contribution in [2.75, 3.05) is 31.6 Å². The molecule has 8 heteroatoms. The first-order valence-corrected chi connectivity index (χ1v) is 10.8. The standard InChI is InChI=1S/C19H22N4O3S/c1-22(27(24,25)16-4-6-18-14(10-16)8-9-26-18)15-11-23(12-15)19-7-5-17(20-21-19)13-2-3-13/h4-7,10,13,15H,2-3,8-9,11-12H2,1H3. The molecule has 2 aromatic rings. The van der Waals surface area contributed by atoms with E-state index in [-0.39, 0.29) is 6.04 Å². The number of anilines is 1. The minimum atomic E-state index is -3.52. The fourth-order valence-corrected chi connectivity index (χ4v) is 5.05. The van der Waals surface area contributed by atoms with Crippen molar-refractivity contribution in [2.45, 2.75) is 36.1 Å². The first kappa shape index (κ1) is 16.9. The van der Waals surface area contributed by atoms with Gasteiger partial charge in [0.15, 0.2) is 5.82 Å². The van der Waals surface area contributed by atoms with Crippen molar-refractivity contribution in [1.82, 2.24) is 14.5 Å². The number of rotatable bonds is 5. The van der Waals surface area contributed by atoms with Crippen molar-refractivity contribution in [3.05, 3.63) is 41.6 Å². The first-order chi connectivity index (χ1) is 13.0. The van der Waals surface area contributed by atoms with E-state index in [9.17, 15) is 8.42 Å². The second kappa shape index (κ2) is 6.17. The van der Waals surface area contributed by atoms with Gasteiger partial charge in [-0.1, -0.05) is 0 Å². The van der Waals surface area contributed by atoms with E-state index in [1.165, 1.54) is 17.1 Å². The van der Waals surface area contributed by atoms with Crippen molar-refractivity contribution in [1.29, 1.82) is 0 Å². The molecule has 0 amide bonds. The van der Waals surface area contributed by atoms with Crippen LogP contribution in [0.25, 0.3) is 0 Å². The number of sulfonamides is 1. The lowest BCUT2D eigenvalue weighted by atomic mass is 10.1. The smallest absolute Gasteiger partial charge is 0.243 e. The molecule has 5 rings (SSSR count). The first-order valence-electron chi connectivity index (χ1n) is 9.35. The van der Waals surface area contributed by atoms with Crippen LogP contribution in [0.2, 0.25) is 0 Å². The molecule has 7 nitrogen and oxygen atoms in total. The van der Waals surface area contributed by atoms with Crippen molar-refractivity contribution in [2.24, 2.45) is 0 Å². The average molecular weight is 386 g/mol. The minimum Gasteiger partial charge on any atom is -0.493 e. The minimum absolute atomic E-state index is 0.0654. The summed E-state index contributed by atoms with van der Waals surface area (Å²) in [7, 11) is -1.87. The normalized spacial score (nSPS) is 19.7. The average Bonchev–Trinajstić information content (AvgIpc) is 3.38. The molecule has 3 aliphatic rings. The maximum Gasteiger partial charge on any atom is 0.243 e. The number of ether oxygens (including phenoxy) is 1. The third-order valence-corrected chi connectivity index (χ3v) is 7.61. The largest absolute Gasteiger partial charge is 0.493 e. The molecular weight excluding hydrogens is 364 g/mol. The number of hydrogen-bond acceptors (Lipinski definition) is 6. The summed E-state index contributed by atoms with van der Waals surface area (Å²) in [5, 5.41) is 8.62. The van der Waals surface area contributed by atoms with Crippen LogP contribution in [0.3, 0.4) is 0 Å². The molecule has 1 saturated heterocycles. The summed E-state index contributed by atoms with van der Waals surface area (Å²) < 4.78 is 32.9. The molecule has 2 aliphatic heterocycles. The summed E-state index contributed by atoms with van der Waals surface area (Å²) in [6, 6.07) is 9.10. The number of benzene rings is 1. The molecule has 1 aliphatic carbocycles. The molecule has 0 unspecified atom stereocenters. The summed E-state index contributed by atoms with van der Waals surface area (Å²) in [4.78, 5) is 2.40. The van der Waals surface area contributed by atoms with Crippen LogP contribution in [-0.4, -0.2) is 55.7 Å². The Balaban J connectivity index is 1.27. The maximum atomic E-state index is 13.0. The van der Waals surface area contributed by atoms with Gasteiger partial charge in [-0.2, -0.15) is 9.40 Å². The molecule has 1 aromatic carbocycles. The third kappa shape index (κ3) is 2.96. The van der Waals surface area contributed by atoms with Crippen LogP contribution in [0.5, 0.6) is 5.75 Å². The highest BCUT2D eigenvalue weighted by molar-refractivity contribution is 7.89. The molecule has 142 valence electrons. The topological polar surface area (TPSA) is 75.6 Å². The summed E-state index contributed by atoms with van der Waals surface area (Å²) in [6.07, 6.45) is 3.17. The van der Waals surface area contributed by atoms with Gasteiger partial charge < -0.3 is 9.64 Å². The molecular formula is C19H22N4O3S. The maximum absolute atomic E-state index is 13.0. The van der Waals surface area contributed by atoms with Crippen LogP contribution < -0.4 is 9.64 Å². The van der Waals surface area contributed by atoms with Crippen LogP contribution in [0.1, 0.15) is 30.0 Å². The lowest BCUT2D eigenvalue weighted by Crippen LogP contribution is -2.60. The van der Waals surface area contributed by atoms with E-state index in [1.54, 1.807) is 25.2 Å². The van der Waals surface area contributed by atoms with Gasteiger partial charge >= 0.3 is 0 Å². The Kier molecular flexibility index (Phi) is 3.87. The van der Waals surface area contributed by atoms with E-state index in [0.717, 1.165) is 29.2 Å². The molecule has 27 heavy (non-hydrogen) atoms. The predicted octanol–water partition coefficient (Wildman–Crippen LogP) is 1.80. The lowest BCUT2D eigenvalue weighted by Gasteiger charge is -2.43. The Bertz CT molecular complexity index is 967. The van der Waals surface area contributed by atoms with Crippen molar-refractivity contribution < 1.29 is 13.2 Å². The van der Waals surface area contributed by atoms with Crippen molar-refractivity contribution in [3.8, 4) is 5.75 Å². The second-order valence-corrected chi connectivity index (χ2v) is 9.54. The monoisotopic (exact) mass is 386 g/mol. The predicted molar refractivity (Wildman–Crippen MR) is 101 cm³/mol. The number of fused-ring (bicyclic) bond motifs is 1. The van der Waals surface area contributed by atoms with Crippen LogP contribution in [0.4, 0.5) is 5.82 Å². The fourth-order valence-electron chi connectivity index (χ4n) is 3.66. The van der Waals surface area contributed by atoms with Crippen LogP contribution in [-0.2, 0) is 16.4 Å². The van der Waals surface area contributed by atoms with Gasteiger partial charge in [0.1, 0.15) is 5.75 Å². The van der Waals surface area contributed by atoms with Crippen molar-refractivity contribution in [3.63, 3.8) is 0 Å². The zero-order valence-electron chi connectivity index (χ0n) is 15.2. The van der Waals surface area contributed by atoms with Gasteiger partial charge in [0.25, 0.3) is 0 Å². The van der Waals surface area contributed by atoms with Gasteiger partial charge in [-0.3, -0.25) is 0 Å². The van der Waals surface area contributed by atoms with Crippen molar-refractivity contribution >= 4 is 15.8 Å². The number of likely N-dealkylation sites (N-methyl/N-ethyl adjacent to an activating group) is 1. The van der Waals surface area contributed by atoms with Gasteiger partial charge in [0, 0.05) is 32.5 Å². The Morgan fingerprint density at radius 1 is 1.15 bits per heavy atom. The second-order valence-electron chi connectivity index (χ2n) is 7.54. The highest BCUT2D eigenvalue weighted by Gasteiger charge is 2.38. The third-order valence-electron chi connectivity index (χ3n) is 5.71. The summed E-state index contributed by atoms with van der Waals surface area (Å²) in [5.74, 6) is 2.19. The van der Waals surface area contributed by atoms with E-state index in [4.69, 9.17) is 4.74 Å². The van der Waals surface area contributed by atoms with E-state index < -0.39 is 10.0 Å². The SMILES string of the molecule is CN(C1CN(c2ccc(C3CC3)nn2)C1)S(=O)(=O)c1ccc2c(c1)CCO2. The summed E-state index contributed by atoms with van der Waals surface area (Å²) in [5.41, 5.74) is 2.03. The molecule has 0 bridgehead atoms. The molecule has 0 spiro atoms. The highest BCUT2D eigenvalue weighted by atomic mass is 32.2. The Labute approximate surface area is 159 Å². The highest BCUT2D eigenvalue weighted by Crippen LogP contribution is 2.39. The van der Waals surface area contributed by atoms with Gasteiger partial charge in [-0.25, -0.2) is 8.42 Å². The van der Waals surface area contributed by atoms with E-state index in [0.29, 0.717) is 30.5 Å². The molecule has 3 heterocycles. The van der Waals surface area contributed by atoms with E-state index >= 15 is 0 Å². The Morgan fingerprint density at radius 3 is 2.67 bits per heavy atom. The summed E-state index contributed by atoms with van der Waals surface area (Å²) in [6.45, 7) is 1.87. The zero-order chi connectivity index (χ0) is 18.6. The molecule has 2 fully saturated rings. The quantitative estimate of drug-likeness (QED) is 0.780. The fraction of sp³-hybridized carbons (Fsp3) is 0.474. The number of hydrogen-bond donors (Lipinski definition) is 0. The molecule has 1 saturated carbocycles. The van der Waals surface area contributed by atoms with Crippen LogP contribution in [0.15, 0.2) is 35.2 Å². The molecule has 1 aromatic heterocycles. The van der Waals surface area contributed by atoms with Gasteiger partial charge in [-0.15, -0.1) is 5.10 Å². The molecule has 0 N–H and O–H groups in total. The number of aromatic nitrogens is 2. The van der Waals surface area contributed by atoms with Gasteiger partial charge in [0.05, 0.1) is 23.2 Å². The van der Waals surface area contributed by atoms with Crippen LogP contribution in [0, 0.1) is 0 Å². The number of nitrogens with zero attached hydrogens (tertiary/aromatic N) is 4. The zero-order valence-corrected chi connectivity index (χ0v) is 16.0. The molecule has 0 atom stereocenters. The van der Waals surface area contributed by atoms with E-state index in [1.807, 2.05) is 12.1 Å². The Morgan fingerprint density at radius 2 is 1.96 bits per heavy atom. The van der Waals surface area contributed by atoms with Crippen LogP contribution >= 0.6 is 0 Å². The molecule has 0 radical (unpaired) electrons. The lowest BCUT2D eigenvalue weighted by molar-refractivity contribution is 0.309. The van der Waals surface area contributed by atoms with Gasteiger partial charge in [-0.05, 0) is 48.7 Å². The van der Waals surface area contributed by atoms with Gasteiger partial charge in [0.2, 0.25) is 10.0 Å².